The Morgan fingerprint density at radius 1 is 1.13 bits per heavy atom. The number of benzene rings is 1. The predicted molar refractivity (Wildman–Crippen MR) is 105 cm³/mol. The van der Waals surface area contributed by atoms with Crippen molar-refractivity contribution >= 4 is 29.0 Å². The largest absolute Gasteiger partial charge is 0.417 e. The number of hydrogen-bond acceptors (Lipinski definition) is 5. The van der Waals surface area contributed by atoms with E-state index in [0.717, 1.165) is 22.4 Å². The molecule has 3 aromatic rings. The smallest absolute Gasteiger partial charge is 0.378 e. The first-order valence-corrected chi connectivity index (χ1v) is 8.73. The molecule has 12 heteroatoms. The first-order chi connectivity index (χ1) is 14.1. The molecule has 1 aromatic carbocycles. The Kier molecular flexibility index (Phi) is 5.92. The lowest BCUT2D eigenvalue weighted by molar-refractivity contribution is -0.137. The third kappa shape index (κ3) is 4.87. The van der Waals surface area contributed by atoms with Crippen molar-refractivity contribution in [3.05, 3.63) is 75.3 Å². The van der Waals surface area contributed by atoms with Crippen LogP contribution in [0.5, 0.6) is 0 Å². The summed E-state index contributed by atoms with van der Waals surface area (Å²) in [4.78, 5) is 26.9. The Morgan fingerprint density at radius 3 is 2.40 bits per heavy atom. The molecule has 0 aliphatic rings. The van der Waals surface area contributed by atoms with E-state index in [2.05, 4.69) is 20.7 Å². The Hall–Kier alpha value is -3.60. The van der Waals surface area contributed by atoms with Crippen molar-refractivity contribution in [1.82, 2.24) is 14.8 Å². The van der Waals surface area contributed by atoms with Crippen LogP contribution in [0.25, 0.3) is 5.82 Å². The standard InChI is InChI=1S/C18H14ClF3N6O2/c19-15-13(24-7-10-1-4-12(5-2-10)27-17(23)30)9-26-28(16(15)29)14-6-3-11(8-25-14)18(20,21)22/h1-6,8-9,24H,7H2,(H3,23,27,30). The molecule has 2 aromatic heterocycles. The molecule has 0 aliphatic heterocycles. The summed E-state index contributed by atoms with van der Waals surface area (Å²) >= 11 is 6.10. The third-order valence-electron chi connectivity index (χ3n) is 3.92. The van der Waals surface area contributed by atoms with E-state index in [1.807, 2.05) is 0 Å². The zero-order chi connectivity index (χ0) is 21.9. The van der Waals surface area contributed by atoms with E-state index in [1.165, 1.54) is 6.20 Å². The number of halogens is 4. The highest BCUT2D eigenvalue weighted by Gasteiger charge is 2.30. The number of rotatable bonds is 5. The van der Waals surface area contributed by atoms with Crippen molar-refractivity contribution < 1.29 is 18.0 Å². The Labute approximate surface area is 172 Å². The average Bonchev–Trinajstić information content (AvgIpc) is 2.69. The number of carbonyl (C=O) groups is 1. The van der Waals surface area contributed by atoms with Crippen LogP contribution >= 0.6 is 11.6 Å². The molecular formula is C18H14ClF3N6O2. The number of nitrogens with two attached hydrogens (primary N) is 1. The van der Waals surface area contributed by atoms with Gasteiger partial charge in [0.05, 0.1) is 17.4 Å². The van der Waals surface area contributed by atoms with Crippen molar-refractivity contribution in [1.29, 1.82) is 0 Å². The molecule has 8 nitrogen and oxygen atoms in total. The number of anilines is 2. The second kappa shape index (κ2) is 8.41. The quantitative estimate of drug-likeness (QED) is 0.564. The van der Waals surface area contributed by atoms with Gasteiger partial charge in [-0.3, -0.25) is 4.79 Å². The molecule has 30 heavy (non-hydrogen) atoms. The molecule has 2 amide bonds. The molecule has 0 bridgehead atoms. The van der Waals surface area contributed by atoms with E-state index in [-0.39, 0.29) is 16.5 Å². The Morgan fingerprint density at radius 2 is 1.83 bits per heavy atom. The normalized spacial score (nSPS) is 11.2. The number of pyridine rings is 1. The molecule has 0 atom stereocenters. The van der Waals surface area contributed by atoms with E-state index in [0.29, 0.717) is 18.4 Å². The lowest BCUT2D eigenvalue weighted by atomic mass is 10.2. The van der Waals surface area contributed by atoms with Gasteiger partial charge >= 0.3 is 12.2 Å². The van der Waals surface area contributed by atoms with Crippen molar-refractivity contribution in [3.8, 4) is 5.82 Å². The number of aromatic nitrogens is 3. The highest BCUT2D eigenvalue weighted by atomic mass is 35.5. The van der Waals surface area contributed by atoms with Crippen LogP contribution in [0.15, 0.2) is 53.6 Å². The summed E-state index contributed by atoms with van der Waals surface area (Å²) in [6, 6.07) is 7.91. The van der Waals surface area contributed by atoms with Crippen LogP contribution in [0.2, 0.25) is 5.02 Å². The van der Waals surface area contributed by atoms with Gasteiger partial charge in [0.1, 0.15) is 5.02 Å². The van der Waals surface area contributed by atoms with E-state index >= 15 is 0 Å². The second-order valence-corrected chi connectivity index (χ2v) is 6.41. The van der Waals surface area contributed by atoms with Crippen LogP contribution < -0.4 is 21.9 Å². The van der Waals surface area contributed by atoms with Crippen LogP contribution in [-0.2, 0) is 12.7 Å². The zero-order valence-electron chi connectivity index (χ0n) is 15.1. The molecule has 0 radical (unpaired) electrons. The maximum atomic E-state index is 12.6. The number of amides is 2. The van der Waals surface area contributed by atoms with Crippen molar-refractivity contribution in [2.75, 3.05) is 10.6 Å². The Balaban J connectivity index is 1.75. The highest BCUT2D eigenvalue weighted by molar-refractivity contribution is 6.32. The first kappa shape index (κ1) is 21.1. The molecule has 156 valence electrons. The van der Waals surface area contributed by atoms with Crippen molar-refractivity contribution in [3.63, 3.8) is 0 Å². The van der Waals surface area contributed by atoms with Gasteiger partial charge in [-0.1, -0.05) is 23.7 Å². The van der Waals surface area contributed by atoms with Gasteiger partial charge in [-0.15, -0.1) is 0 Å². The molecule has 0 saturated carbocycles. The van der Waals surface area contributed by atoms with E-state index in [4.69, 9.17) is 17.3 Å². The molecule has 0 unspecified atom stereocenters. The molecule has 0 aliphatic carbocycles. The fourth-order valence-corrected chi connectivity index (χ4v) is 2.64. The number of primary amides is 1. The van der Waals surface area contributed by atoms with Crippen LogP contribution in [0.4, 0.5) is 29.3 Å². The Bertz CT molecular complexity index is 1110. The third-order valence-corrected chi connectivity index (χ3v) is 4.28. The van der Waals surface area contributed by atoms with Crippen LogP contribution in [-0.4, -0.2) is 20.8 Å². The van der Waals surface area contributed by atoms with Gasteiger partial charge in [-0.25, -0.2) is 9.78 Å². The fourth-order valence-electron chi connectivity index (χ4n) is 2.44. The van der Waals surface area contributed by atoms with Gasteiger partial charge in [0.2, 0.25) is 0 Å². The summed E-state index contributed by atoms with van der Waals surface area (Å²) in [5.41, 5.74) is 4.93. The van der Waals surface area contributed by atoms with Crippen LogP contribution in [0.3, 0.4) is 0 Å². The summed E-state index contributed by atoms with van der Waals surface area (Å²) in [6.07, 6.45) is -2.66. The molecule has 0 spiro atoms. The lowest BCUT2D eigenvalue weighted by Gasteiger charge is -2.11. The number of alkyl halides is 3. The predicted octanol–water partition coefficient (Wildman–Crippen LogP) is 3.40. The fraction of sp³-hybridized carbons (Fsp3) is 0.111. The molecule has 2 heterocycles. The summed E-state index contributed by atoms with van der Waals surface area (Å²) in [6.45, 7) is 0.292. The molecule has 3 rings (SSSR count). The van der Waals surface area contributed by atoms with Crippen molar-refractivity contribution in [2.24, 2.45) is 5.73 Å². The van der Waals surface area contributed by atoms with E-state index in [1.54, 1.807) is 24.3 Å². The van der Waals surface area contributed by atoms with Gasteiger partial charge in [0.15, 0.2) is 5.82 Å². The van der Waals surface area contributed by atoms with Gasteiger partial charge in [0.25, 0.3) is 5.56 Å². The number of nitrogens with one attached hydrogen (secondary N) is 2. The number of nitrogens with zero attached hydrogens (tertiary/aromatic N) is 3. The maximum absolute atomic E-state index is 12.6. The zero-order valence-corrected chi connectivity index (χ0v) is 15.8. The summed E-state index contributed by atoms with van der Waals surface area (Å²) in [7, 11) is 0. The molecule has 0 fully saturated rings. The van der Waals surface area contributed by atoms with Crippen LogP contribution in [0.1, 0.15) is 11.1 Å². The monoisotopic (exact) mass is 438 g/mol. The summed E-state index contributed by atoms with van der Waals surface area (Å²) in [5.74, 6) is -0.0982. The lowest BCUT2D eigenvalue weighted by Crippen LogP contribution is -2.23. The van der Waals surface area contributed by atoms with Gasteiger partial charge in [0, 0.05) is 18.4 Å². The van der Waals surface area contributed by atoms with Gasteiger partial charge < -0.3 is 16.4 Å². The number of hydrogen-bond donors (Lipinski definition) is 3. The average molecular weight is 439 g/mol. The molecular weight excluding hydrogens is 425 g/mol. The minimum Gasteiger partial charge on any atom is -0.378 e. The summed E-state index contributed by atoms with van der Waals surface area (Å²) in [5, 5.41) is 9.10. The maximum Gasteiger partial charge on any atom is 0.417 e. The van der Waals surface area contributed by atoms with Gasteiger partial charge in [-0.2, -0.15) is 23.0 Å². The number of urea groups is 1. The van der Waals surface area contributed by atoms with Gasteiger partial charge in [-0.05, 0) is 29.8 Å². The molecule has 0 saturated heterocycles. The van der Waals surface area contributed by atoms with E-state index < -0.39 is 23.3 Å². The minimum atomic E-state index is -4.54. The van der Waals surface area contributed by atoms with E-state index in [9.17, 15) is 22.8 Å². The first-order valence-electron chi connectivity index (χ1n) is 8.36. The SMILES string of the molecule is NC(=O)Nc1ccc(CNc2cnn(-c3ccc(C(F)(F)F)cn3)c(=O)c2Cl)cc1. The number of carbonyl (C=O) groups excluding carboxylic acids is 1. The minimum absolute atomic E-state index is 0.0982. The van der Waals surface area contributed by atoms with Crippen molar-refractivity contribution in [2.45, 2.75) is 12.7 Å². The molecule has 4 N–H and O–H groups in total. The highest BCUT2D eigenvalue weighted by Crippen LogP contribution is 2.28. The second-order valence-electron chi connectivity index (χ2n) is 6.03. The van der Waals surface area contributed by atoms with Crippen LogP contribution in [0, 0.1) is 0 Å². The topological polar surface area (TPSA) is 115 Å². The summed E-state index contributed by atoms with van der Waals surface area (Å²) < 4.78 is 38.7.